The third-order valence-electron chi connectivity index (χ3n) is 4.09. The Morgan fingerprint density at radius 1 is 1.29 bits per heavy atom. The van der Waals surface area contributed by atoms with E-state index in [1.807, 2.05) is 38.1 Å². The van der Waals surface area contributed by atoms with E-state index in [1.165, 1.54) is 0 Å². The molecule has 0 radical (unpaired) electrons. The lowest BCUT2D eigenvalue weighted by Gasteiger charge is -2.27. The molecule has 0 saturated heterocycles. The van der Waals surface area contributed by atoms with Crippen LogP contribution < -0.4 is 5.32 Å². The highest BCUT2D eigenvalue weighted by Crippen LogP contribution is 2.19. The Morgan fingerprint density at radius 2 is 2.04 bits per heavy atom. The van der Waals surface area contributed by atoms with Crippen LogP contribution >= 0.6 is 0 Å². The van der Waals surface area contributed by atoms with E-state index >= 15 is 0 Å². The normalized spacial score (nSPS) is 19.8. The van der Waals surface area contributed by atoms with Crippen LogP contribution in [0.2, 0.25) is 0 Å². The maximum Gasteiger partial charge on any atom is 0.256 e. The van der Waals surface area contributed by atoms with Crippen LogP contribution in [0.25, 0.3) is 0 Å². The Balaban J connectivity index is 1.74. The molecule has 24 heavy (non-hydrogen) atoms. The van der Waals surface area contributed by atoms with Crippen LogP contribution in [0.3, 0.4) is 0 Å². The molecule has 0 fully saturated rings. The van der Waals surface area contributed by atoms with Crippen molar-refractivity contribution >= 4 is 21.8 Å². The fourth-order valence-corrected chi connectivity index (χ4v) is 3.74. The Hall–Kier alpha value is -2.41. The van der Waals surface area contributed by atoms with Crippen LogP contribution in [-0.2, 0) is 14.8 Å². The van der Waals surface area contributed by atoms with E-state index in [9.17, 15) is 13.2 Å². The Kier molecular flexibility index (Phi) is 4.28. The number of rotatable bonds is 3. The molecule has 1 atom stereocenters. The van der Waals surface area contributed by atoms with Crippen molar-refractivity contribution in [3.63, 3.8) is 0 Å². The molecular weight excluding hydrogens is 326 g/mol. The number of amides is 1. The van der Waals surface area contributed by atoms with Gasteiger partial charge in [0.15, 0.2) is 0 Å². The van der Waals surface area contributed by atoms with Gasteiger partial charge in [-0.15, -0.1) is 4.40 Å². The van der Waals surface area contributed by atoms with Gasteiger partial charge in [0.2, 0.25) is 0 Å². The van der Waals surface area contributed by atoms with E-state index in [2.05, 4.69) is 9.71 Å². The number of hydrogen-bond acceptors (Lipinski definition) is 4. The lowest BCUT2D eigenvalue weighted by atomic mass is 10.0. The van der Waals surface area contributed by atoms with Gasteiger partial charge in [0, 0.05) is 12.7 Å². The highest BCUT2D eigenvalue weighted by Gasteiger charge is 2.25. The molecule has 0 aromatic heterocycles. The van der Waals surface area contributed by atoms with Gasteiger partial charge in [-0.1, -0.05) is 24.3 Å². The van der Waals surface area contributed by atoms with Crippen LogP contribution in [-0.4, -0.2) is 37.4 Å². The molecule has 6 nitrogen and oxygen atoms in total. The van der Waals surface area contributed by atoms with Gasteiger partial charge in [0.05, 0.1) is 17.4 Å². The monoisotopic (exact) mass is 345 g/mol. The van der Waals surface area contributed by atoms with E-state index < -0.39 is 10.0 Å². The molecule has 1 aromatic carbocycles. The van der Waals surface area contributed by atoms with Gasteiger partial charge in [-0.05, 0) is 37.1 Å². The van der Waals surface area contributed by atoms with Crippen molar-refractivity contribution in [2.24, 2.45) is 4.40 Å². The summed E-state index contributed by atoms with van der Waals surface area (Å²) in [6, 6.07) is 7.79. The second-order valence-corrected chi connectivity index (χ2v) is 7.65. The molecule has 2 heterocycles. The topological polar surface area (TPSA) is 78.8 Å². The second-order valence-electron chi connectivity index (χ2n) is 5.90. The van der Waals surface area contributed by atoms with Gasteiger partial charge < -0.3 is 10.2 Å². The number of aryl methyl sites for hydroxylation is 1. The number of benzene rings is 1. The first-order valence-electron chi connectivity index (χ1n) is 7.71. The number of nitrogens with one attached hydrogen (secondary N) is 1. The molecule has 1 N–H and O–H groups in total. The molecule has 2 aliphatic rings. The van der Waals surface area contributed by atoms with Crippen molar-refractivity contribution in [3.05, 3.63) is 59.3 Å². The smallest absolute Gasteiger partial charge is 0.256 e. The largest absolute Gasteiger partial charge is 0.345 e. The van der Waals surface area contributed by atoms with Crippen LogP contribution in [0.15, 0.2) is 52.6 Å². The summed E-state index contributed by atoms with van der Waals surface area (Å²) >= 11 is 0. The summed E-state index contributed by atoms with van der Waals surface area (Å²) in [7, 11) is -3.39. The maximum absolute atomic E-state index is 12.5. The molecule has 1 amide bonds. The highest BCUT2D eigenvalue weighted by atomic mass is 32.2. The van der Waals surface area contributed by atoms with Crippen molar-refractivity contribution in [2.45, 2.75) is 19.9 Å². The van der Waals surface area contributed by atoms with E-state index in [4.69, 9.17) is 0 Å². The zero-order valence-electron chi connectivity index (χ0n) is 13.6. The minimum absolute atomic E-state index is 0.0463. The molecule has 0 saturated carbocycles. The van der Waals surface area contributed by atoms with Gasteiger partial charge in [-0.2, -0.15) is 0 Å². The van der Waals surface area contributed by atoms with Gasteiger partial charge >= 0.3 is 0 Å². The van der Waals surface area contributed by atoms with Crippen molar-refractivity contribution in [1.82, 2.24) is 10.2 Å². The summed E-state index contributed by atoms with van der Waals surface area (Å²) in [4.78, 5) is 14.2. The minimum Gasteiger partial charge on any atom is -0.345 e. The maximum atomic E-state index is 12.5. The summed E-state index contributed by atoms with van der Waals surface area (Å²) in [5.74, 6) is 0.106. The van der Waals surface area contributed by atoms with E-state index in [0.29, 0.717) is 18.0 Å². The molecule has 2 aliphatic heterocycles. The predicted octanol–water partition coefficient (Wildman–Crippen LogP) is 1.67. The van der Waals surface area contributed by atoms with E-state index in [-0.39, 0.29) is 17.7 Å². The first kappa shape index (κ1) is 16.4. The number of sulfonamides is 1. The van der Waals surface area contributed by atoms with Gasteiger partial charge in [0.25, 0.3) is 15.9 Å². The molecular formula is C17H19N3O3S. The van der Waals surface area contributed by atoms with Crippen LogP contribution in [0, 0.1) is 6.92 Å². The average molecular weight is 345 g/mol. The number of nitrogens with zero attached hydrogens (tertiary/aromatic N) is 2. The van der Waals surface area contributed by atoms with Gasteiger partial charge in [-0.25, -0.2) is 8.42 Å². The van der Waals surface area contributed by atoms with Gasteiger partial charge in [0.1, 0.15) is 5.84 Å². The highest BCUT2D eigenvalue weighted by molar-refractivity contribution is 7.90. The number of carbonyl (C=O) groups excluding carboxylic acids is 1. The van der Waals surface area contributed by atoms with Crippen molar-refractivity contribution < 1.29 is 13.2 Å². The van der Waals surface area contributed by atoms with Crippen LogP contribution in [0.4, 0.5) is 0 Å². The summed E-state index contributed by atoms with van der Waals surface area (Å²) < 4.78 is 26.7. The summed E-state index contributed by atoms with van der Waals surface area (Å²) in [5, 5.41) is 2.98. The van der Waals surface area contributed by atoms with Gasteiger partial charge in [-0.3, -0.25) is 4.79 Å². The Morgan fingerprint density at radius 3 is 2.79 bits per heavy atom. The molecule has 0 aliphatic carbocycles. The fraction of sp³-hybridized carbons (Fsp3) is 0.294. The second kappa shape index (κ2) is 6.24. The van der Waals surface area contributed by atoms with Crippen molar-refractivity contribution in [2.75, 3.05) is 12.3 Å². The Bertz CT molecular complexity index is 869. The molecule has 0 spiro atoms. The van der Waals surface area contributed by atoms with Crippen molar-refractivity contribution in [3.8, 4) is 0 Å². The minimum atomic E-state index is -3.39. The van der Waals surface area contributed by atoms with E-state index in [1.54, 1.807) is 23.3 Å². The predicted molar refractivity (Wildman–Crippen MR) is 92.9 cm³/mol. The Labute approximate surface area is 141 Å². The average Bonchev–Trinajstić information content (AvgIpc) is 2.53. The lowest BCUT2D eigenvalue weighted by Crippen LogP contribution is -2.38. The molecule has 3 rings (SSSR count). The SMILES string of the molecule is Cc1ccccc1C(C)NC(=O)C1=CN2CCS(=O)(=O)N=C2C=C1. The summed E-state index contributed by atoms with van der Waals surface area (Å²) in [6.45, 7) is 4.25. The molecule has 0 bridgehead atoms. The zero-order chi connectivity index (χ0) is 17.3. The molecule has 7 heteroatoms. The molecule has 1 unspecified atom stereocenters. The van der Waals surface area contributed by atoms with E-state index in [0.717, 1.165) is 11.1 Å². The number of carbonyl (C=O) groups is 1. The lowest BCUT2D eigenvalue weighted by molar-refractivity contribution is -0.117. The third-order valence-corrected chi connectivity index (χ3v) is 5.25. The standard InChI is InChI=1S/C17H19N3O3S/c1-12-5-3-4-6-15(12)13(2)18-17(21)14-7-8-16-19-24(22,23)10-9-20(16)11-14/h3-8,11,13H,9-10H2,1-2H3,(H,18,21). The number of fused-ring (bicyclic) bond motifs is 1. The fourth-order valence-electron chi connectivity index (χ4n) is 2.77. The summed E-state index contributed by atoms with van der Waals surface area (Å²) in [6.07, 6.45) is 4.80. The van der Waals surface area contributed by atoms with Crippen LogP contribution in [0.1, 0.15) is 24.1 Å². The third kappa shape index (κ3) is 3.41. The number of hydrogen-bond donors (Lipinski definition) is 1. The first-order valence-corrected chi connectivity index (χ1v) is 9.32. The molecule has 1 aromatic rings. The van der Waals surface area contributed by atoms with Crippen LogP contribution in [0.5, 0.6) is 0 Å². The molecule has 126 valence electrons. The number of amidine groups is 1. The quantitative estimate of drug-likeness (QED) is 0.904. The van der Waals surface area contributed by atoms with Crippen molar-refractivity contribution in [1.29, 1.82) is 0 Å². The zero-order valence-corrected chi connectivity index (χ0v) is 14.4. The first-order chi connectivity index (χ1) is 11.4. The summed E-state index contributed by atoms with van der Waals surface area (Å²) in [5.41, 5.74) is 2.67.